The first kappa shape index (κ1) is 14.9. The number of rotatable bonds is 8. The van der Waals surface area contributed by atoms with Gasteiger partial charge in [0.2, 0.25) is 0 Å². The minimum absolute atomic E-state index is 0.108. The van der Waals surface area contributed by atoms with Gasteiger partial charge in [0.15, 0.2) is 6.61 Å². The third-order valence-electron chi connectivity index (χ3n) is 2.95. The zero-order chi connectivity index (χ0) is 15.1. The number of carbonyl (C=O) groups excluding carboxylic acids is 1. The van der Waals surface area contributed by atoms with Crippen molar-refractivity contribution in [1.82, 2.24) is 9.78 Å². The van der Waals surface area contributed by atoms with E-state index in [-0.39, 0.29) is 6.61 Å². The van der Waals surface area contributed by atoms with Crippen molar-refractivity contribution in [2.24, 2.45) is 5.73 Å². The van der Waals surface area contributed by atoms with Gasteiger partial charge >= 0.3 is 0 Å². The Morgan fingerprint density at radius 1 is 1.33 bits per heavy atom. The molecule has 0 atom stereocenters. The van der Waals surface area contributed by atoms with Gasteiger partial charge in [-0.1, -0.05) is 6.92 Å². The normalized spacial score (nSPS) is 10.3. The zero-order valence-electron chi connectivity index (χ0n) is 12.1. The third kappa shape index (κ3) is 4.52. The van der Waals surface area contributed by atoms with Crippen molar-refractivity contribution in [1.29, 1.82) is 0 Å². The van der Waals surface area contributed by atoms with Gasteiger partial charge in [-0.05, 0) is 36.8 Å². The number of aromatic nitrogens is 2. The molecule has 6 heteroatoms. The molecule has 1 heterocycles. The molecular formula is C15H20N4O2. The fourth-order valence-electron chi connectivity index (χ4n) is 1.94. The molecule has 1 amide bonds. The molecule has 21 heavy (non-hydrogen) atoms. The highest BCUT2D eigenvalue weighted by atomic mass is 16.5. The Labute approximate surface area is 123 Å². The Kier molecular flexibility index (Phi) is 5.20. The smallest absolute Gasteiger partial charge is 0.255 e. The molecule has 0 unspecified atom stereocenters. The van der Waals surface area contributed by atoms with E-state index in [1.165, 1.54) is 0 Å². The number of nitrogens with two attached hydrogens (primary N) is 1. The van der Waals surface area contributed by atoms with Crippen LogP contribution in [0.25, 0.3) is 0 Å². The van der Waals surface area contributed by atoms with Crippen LogP contribution in [-0.4, -0.2) is 22.3 Å². The summed E-state index contributed by atoms with van der Waals surface area (Å²) < 4.78 is 7.20. The highest BCUT2D eigenvalue weighted by Gasteiger charge is 2.02. The van der Waals surface area contributed by atoms with Crippen LogP contribution in [0.15, 0.2) is 36.5 Å². The molecule has 0 aliphatic rings. The van der Waals surface area contributed by atoms with Crippen molar-refractivity contribution < 1.29 is 9.53 Å². The summed E-state index contributed by atoms with van der Waals surface area (Å²) in [4.78, 5) is 10.6. The van der Waals surface area contributed by atoms with Crippen LogP contribution in [0.1, 0.15) is 19.0 Å². The number of hydrogen-bond donors (Lipinski definition) is 2. The number of primary amides is 1. The van der Waals surface area contributed by atoms with Crippen LogP contribution in [0.2, 0.25) is 0 Å². The second-order valence-corrected chi connectivity index (χ2v) is 4.68. The van der Waals surface area contributed by atoms with Gasteiger partial charge in [-0.15, -0.1) is 0 Å². The summed E-state index contributed by atoms with van der Waals surface area (Å²) >= 11 is 0. The van der Waals surface area contributed by atoms with Crippen molar-refractivity contribution in [2.45, 2.75) is 26.4 Å². The van der Waals surface area contributed by atoms with Crippen LogP contribution in [0.3, 0.4) is 0 Å². The van der Waals surface area contributed by atoms with Crippen molar-refractivity contribution in [3.63, 3.8) is 0 Å². The summed E-state index contributed by atoms with van der Waals surface area (Å²) in [6.07, 6.45) is 2.87. The molecule has 1 aromatic heterocycles. The predicted molar refractivity (Wildman–Crippen MR) is 81.0 cm³/mol. The molecule has 0 fully saturated rings. The maximum absolute atomic E-state index is 10.6. The van der Waals surface area contributed by atoms with E-state index in [9.17, 15) is 4.79 Å². The third-order valence-corrected chi connectivity index (χ3v) is 2.95. The Bertz CT molecular complexity index is 578. The van der Waals surface area contributed by atoms with Crippen LogP contribution in [0.4, 0.5) is 5.69 Å². The first-order chi connectivity index (χ1) is 10.2. The van der Waals surface area contributed by atoms with Gasteiger partial charge in [0, 0.05) is 18.4 Å². The number of ether oxygens (including phenoxy) is 1. The lowest BCUT2D eigenvalue weighted by Gasteiger charge is -2.10. The van der Waals surface area contributed by atoms with E-state index in [1.807, 2.05) is 29.1 Å². The lowest BCUT2D eigenvalue weighted by Crippen LogP contribution is -2.19. The topological polar surface area (TPSA) is 82.2 Å². The van der Waals surface area contributed by atoms with Crippen molar-refractivity contribution in [3.05, 3.63) is 42.2 Å². The second-order valence-electron chi connectivity index (χ2n) is 4.68. The number of aryl methyl sites for hydroxylation is 1. The van der Waals surface area contributed by atoms with Crippen molar-refractivity contribution >= 4 is 11.6 Å². The van der Waals surface area contributed by atoms with E-state index in [0.717, 1.165) is 24.3 Å². The monoisotopic (exact) mass is 288 g/mol. The van der Waals surface area contributed by atoms with E-state index in [4.69, 9.17) is 10.5 Å². The highest BCUT2D eigenvalue weighted by Crippen LogP contribution is 2.16. The van der Waals surface area contributed by atoms with E-state index in [0.29, 0.717) is 12.3 Å². The van der Waals surface area contributed by atoms with Crippen LogP contribution in [0, 0.1) is 0 Å². The SMILES string of the molecule is CCCn1nccc1CNc1ccc(OCC(N)=O)cc1. The number of carbonyl (C=O) groups is 1. The van der Waals surface area contributed by atoms with E-state index in [1.54, 1.807) is 12.1 Å². The highest BCUT2D eigenvalue weighted by molar-refractivity contribution is 5.75. The minimum Gasteiger partial charge on any atom is -0.484 e. The first-order valence-electron chi connectivity index (χ1n) is 6.94. The van der Waals surface area contributed by atoms with Gasteiger partial charge in [0.1, 0.15) is 5.75 Å². The summed E-state index contributed by atoms with van der Waals surface area (Å²) in [5, 5.41) is 7.62. The van der Waals surface area contributed by atoms with E-state index >= 15 is 0 Å². The number of hydrogen-bond acceptors (Lipinski definition) is 4. The van der Waals surface area contributed by atoms with Gasteiger partial charge in [-0.25, -0.2) is 0 Å². The average Bonchev–Trinajstić information content (AvgIpc) is 2.92. The standard InChI is InChI=1S/C15H20N4O2/c1-2-9-19-13(7-8-18-19)10-17-12-3-5-14(6-4-12)21-11-15(16)20/h3-8,17H,2,9-11H2,1H3,(H2,16,20). The summed E-state index contributed by atoms with van der Waals surface area (Å²) in [6.45, 7) is 3.65. The summed E-state index contributed by atoms with van der Waals surface area (Å²) in [7, 11) is 0. The van der Waals surface area contributed by atoms with Gasteiger partial charge in [-0.2, -0.15) is 5.10 Å². The van der Waals surface area contributed by atoms with Crippen molar-refractivity contribution in [3.8, 4) is 5.75 Å². The van der Waals surface area contributed by atoms with E-state index < -0.39 is 5.91 Å². The number of anilines is 1. The molecular weight excluding hydrogens is 268 g/mol. The average molecular weight is 288 g/mol. The molecule has 2 rings (SSSR count). The molecule has 6 nitrogen and oxygen atoms in total. The number of amides is 1. The van der Waals surface area contributed by atoms with E-state index in [2.05, 4.69) is 17.3 Å². The molecule has 3 N–H and O–H groups in total. The Balaban J connectivity index is 1.88. The summed E-state index contributed by atoms with van der Waals surface area (Å²) in [6, 6.07) is 9.41. The van der Waals surface area contributed by atoms with Crippen molar-refractivity contribution in [2.75, 3.05) is 11.9 Å². The summed E-state index contributed by atoms with van der Waals surface area (Å²) in [5.74, 6) is 0.136. The lowest BCUT2D eigenvalue weighted by atomic mass is 10.3. The maximum Gasteiger partial charge on any atom is 0.255 e. The minimum atomic E-state index is -0.485. The molecule has 0 spiro atoms. The molecule has 0 bridgehead atoms. The number of benzene rings is 1. The first-order valence-corrected chi connectivity index (χ1v) is 6.94. The Morgan fingerprint density at radius 2 is 2.10 bits per heavy atom. The second kappa shape index (κ2) is 7.33. The maximum atomic E-state index is 10.6. The Morgan fingerprint density at radius 3 is 2.76 bits per heavy atom. The lowest BCUT2D eigenvalue weighted by molar-refractivity contribution is -0.119. The van der Waals surface area contributed by atoms with Gasteiger partial charge < -0.3 is 15.8 Å². The van der Waals surface area contributed by atoms with Crippen LogP contribution in [-0.2, 0) is 17.9 Å². The molecule has 0 saturated heterocycles. The molecule has 1 aromatic carbocycles. The Hall–Kier alpha value is -2.50. The molecule has 0 saturated carbocycles. The largest absolute Gasteiger partial charge is 0.484 e. The van der Waals surface area contributed by atoms with Crippen LogP contribution < -0.4 is 15.8 Å². The van der Waals surface area contributed by atoms with Gasteiger partial charge in [-0.3, -0.25) is 9.48 Å². The number of nitrogens with zero attached hydrogens (tertiary/aromatic N) is 2. The fourth-order valence-corrected chi connectivity index (χ4v) is 1.94. The van der Waals surface area contributed by atoms with Crippen LogP contribution >= 0.6 is 0 Å². The number of nitrogens with one attached hydrogen (secondary N) is 1. The fraction of sp³-hybridized carbons (Fsp3) is 0.333. The zero-order valence-corrected chi connectivity index (χ0v) is 12.1. The molecule has 2 aromatic rings. The molecule has 0 radical (unpaired) electrons. The molecule has 0 aliphatic heterocycles. The summed E-state index contributed by atoms with van der Waals surface area (Å²) in [5.41, 5.74) is 7.15. The quantitative estimate of drug-likeness (QED) is 0.775. The predicted octanol–water partition coefficient (Wildman–Crippen LogP) is 1.77. The van der Waals surface area contributed by atoms with Gasteiger partial charge in [0.05, 0.1) is 12.2 Å². The molecule has 0 aliphatic carbocycles. The molecule has 112 valence electrons. The van der Waals surface area contributed by atoms with Crippen LogP contribution in [0.5, 0.6) is 5.75 Å². The van der Waals surface area contributed by atoms with Gasteiger partial charge in [0.25, 0.3) is 5.91 Å².